The second-order valence-corrected chi connectivity index (χ2v) is 5.39. The molecule has 0 radical (unpaired) electrons. The van der Waals surface area contributed by atoms with Crippen LogP contribution in [-0.4, -0.2) is 20.3 Å². The Morgan fingerprint density at radius 2 is 1.57 bits per heavy atom. The van der Waals surface area contributed by atoms with Crippen molar-refractivity contribution in [2.45, 2.75) is 25.4 Å². The summed E-state index contributed by atoms with van der Waals surface area (Å²) in [4.78, 5) is 0. The maximum absolute atomic E-state index is 5.47. The molecule has 21 heavy (non-hydrogen) atoms. The Labute approximate surface area is 125 Å². The van der Waals surface area contributed by atoms with Crippen LogP contribution >= 0.6 is 0 Å². The Balaban J connectivity index is 1.85. The predicted molar refractivity (Wildman–Crippen MR) is 84.8 cm³/mol. The first kappa shape index (κ1) is 14.0. The van der Waals surface area contributed by atoms with E-state index < -0.39 is 0 Å². The Morgan fingerprint density at radius 1 is 0.952 bits per heavy atom. The summed E-state index contributed by atoms with van der Waals surface area (Å²) in [5, 5.41) is 3.53. The summed E-state index contributed by atoms with van der Waals surface area (Å²) in [6, 6.07) is 15.2. The number of hydrogen-bond donors (Lipinski definition) is 1. The van der Waals surface area contributed by atoms with E-state index in [9.17, 15) is 0 Å². The van der Waals surface area contributed by atoms with E-state index in [2.05, 4.69) is 29.6 Å². The lowest BCUT2D eigenvalue weighted by atomic mass is 10.0. The molecule has 0 heterocycles. The number of nitrogens with one attached hydrogen (secondary N) is 1. The third-order valence-corrected chi connectivity index (χ3v) is 3.84. The SMILES string of the molecule is COc1cccc(OC)c1-c1ccc(CNC2CC2)cc1. The summed E-state index contributed by atoms with van der Waals surface area (Å²) < 4.78 is 10.9. The Bertz CT molecular complexity index is 581. The summed E-state index contributed by atoms with van der Waals surface area (Å²) in [6.07, 6.45) is 2.63. The number of methoxy groups -OCH3 is 2. The highest BCUT2D eigenvalue weighted by atomic mass is 16.5. The lowest BCUT2D eigenvalue weighted by Crippen LogP contribution is -2.15. The van der Waals surface area contributed by atoms with Gasteiger partial charge in [0, 0.05) is 12.6 Å². The Morgan fingerprint density at radius 3 is 2.10 bits per heavy atom. The van der Waals surface area contributed by atoms with Gasteiger partial charge in [0.05, 0.1) is 19.8 Å². The zero-order valence-electron chi connectivity index (χ0n) is 12.6. The van der Waals surface area contributed by atoms with Gasteiger partial charge in [0.1, 0.15) is 11.5 Å². The minimum absolute atomic E-state index is 0.735. The number of rotatable bonds is 6. The molecular weight excluding hydrogens is 262 g/mol. The van der Waals surface area contributed by atoms with E-state index in [4.69, 9.17) is 9.47 Å². The van der Waals surface area contributed by atoms with E-state index in [-0.39, 0.29) is 0 Å². The van der Waals surface area contributed by atoms with Crippen molar-refractivity contribution in [1.82, 2.24) is 5.32 Å². The molecule has 1 fully saturated rings. The van der Waals surface area contributed by atoms with Crippen molar-refractivity contribution < 1.29 is 9.47 Å². The molecule has 0 bridgehead atoms. The third-order valence-electron chi connectivity index (χ3n) is 3.84. The summed E-state index contributed by atoms with van der Waals surface area (Å²) in [5.74, 6) is 1.66. The first-order chi connectivity index (χ1) is 10.3. The minimum Gasteiger partial charge on any atom is -0.496 e. The molecule has 0 aromatic heterocycles. The van der Waals surface area contributed by atoms with Crippen molar-refractivity contribution in [3.05, 3.63) is 48.0 Å². The zero-order chi connectivity index (χ0) is 14.7. The van der Waals surface area contributed by atoms with Gasteiger partial charge in [-0.3, -0.25) is 0 Å². The molecule has 110 valence electrons. The molecule has 2 aromatic carbocycles. The highest BCUT2D eigenvalue weighted by molar-refractivity contribution is 5.77. The molecule has 1 saturated carbocycles. The average Bonchev–Trinajstić information content (AvgIpc) is 3.37. The van der Waals surface area contributed by atoms with Gasteiger partial charge in [-0.2, -0.15) is 0 Å². The van der Waals surface area contributed by atoms with Crippen LogP contribution in [0.2, 0.25) is 0 Å². The maximum Gasteiger partial charge on any atom is 0.130 e. The van der Waals surface area contributed by atoms with Gasteiger partial charge in [0.15, 0.2) is 0 Å². The molecule has 1 N–H and O–H groups in total. The third kappa shape index (κ3) is 3.19. The van der Waals surface area contributed by atoms with Gasteiger partial charge in [-0.15, -0.1) is 0 Å². The van der Waals surface area contributed by atoms with Crippen LogP contribution < -0.4 is 14.8 Å². The molecule has 3 heteroatoms. The van der Waals surface area contributed by atoms with E-state index in [1.165, 1.54) is 18.4 Å². The molecule has 1 aliphatic rings. The highest BCUT2D eigenvalue weighted by Crippen LogP contribution is 2.38. The molecule has 0 spiro atoms. The van der Waals surface area contributed by atoms with Gasteiger partial charge in [0.2, 0.25) is 0 Å². The van der Waals surface area contributed by atoms with Crippen molar-refractivity contribution in [2.75, 3.05) is 14.2 Å². The smallest absolute Gasteiger partial charge is 0.130 e. The van der Waals surface area contributed by atoms with E-state index in [0.29, 0.717) is 0 Å². The molecule has 0 aliphatic heterocycles. The van der Waals surface area contributed by atoms with E-state index in [1.807, 2.05) is 18.2 Å². The number of ether oxygens (including phenoxy) is 2. The summed E-state index contributed by atoms with van der Waals surface area (Å²) >= 11 is 0. The predicted octanol–water partition coefficient (Wildman–Crippen LogP) is 3.62. The largest absolute Gasteiger partial charge is 0.496 e. The number of benzene rings is 2. The topological polar surface area (TPSA) is 30.5 Å². The molecule has 1 aliphatic carbocycles. The fraction of sp³-hybridized carbons (Fsp3) is 0.333. The normalized spacial score (nSPS) is 14.0. The minimum atomic E-state index is 0.735. The van der Waals surface area contributed by atoms with Gasteiger partial charge < -0.3 is 14.8 Å². The molecule has 3 nitrogen and oxygen atoms in total. The van der Waals surface area contributed by atoms with Crippen LogP contribution in [0.25, 0.3) is 11.1 Å². The van der Waals surface area contributed by atoms with Gasteiger partial charge in [-0.05, 0) is 36.1 Å². The van der Waals surface area contributed by atoms with Crippen LogP contribution in [0.5, 0.6) is 11.5 Å². The lowest BCUT2D eigenvalue weighted by molar-refractivity contribution is 0.397. The van der Waals surface area contributed by atoms with Crippen molar-refractivity contribution in [2.24, 2.45) is 0 Å². The van der Waals surface area contributed by atoms with E-state index >= 15 is 0 Å². The van der Waals surface area contributed by atoms with Gasteiger partial charge >= 0.3 is 0 Å². The van der Waals surface area contributed by atoms with Crippen LogP contribution in [-0.2, 0) is 6.54 Å². The molecule has 0 atom stereocenters. The van der Waals surface area contributed by atoms with Gasteiger partial charge in [-0.1, -0.05) is 30.3 Å². The molecule has 0 amide bonds. The lowest BCUT2D eigenvalue weighted by Gasteiger charge is -2.13. The second kappa shape index (κ2) is 6.19. The molecule has 2 aromatic rings. The first-order valence-corrected chi connectivity index (χ1v) is 7.35. The standard InChI is InChI=1S/C18H21NO2/c1-20-16-4-3-5-17(21-2)18(16)14-8-6-13(7-9-14)12-19-15-10-11-15/h3-9,15,19H,10-12H2,1-2H3. The van der Waals surface area contributed by atoms with Crippen molar-refractivity contribution in [3.8, 4) is 22.6 Å². The van der Waals surface area contributed by atoms with Crippen LogP contribution in [0.4, 0.5) is 0 Å². The monoisotopic (exact) mass is 283 g/mol. The summed E-state index contributed by atoms with van der Waals surface area (Å²) in [7, 11) is 3.37. The van der Waals surface area contributed by atoms with Crippen LogP contribution in [0, 0.1) is 0 Å². The first-order valence-electron chi connectivity index (χ1n) is 7.35. The Kier molecular flexibility index (Phi) is 4.11. The van der Waals surface area contributed by atoms with Gasteiger partial charge in [-0.25, -0.2) is 0 Å². The van der Waals surface area contributed by atoms with Crippen LogP contribution in [0.15, 0.2) is 42.5 Å². The second-order valence-electron chi connectivity index (χ2n) is 5.39. The van der Waals surface area contributed by atoms with Gasteiger partial charge in [0.25, 0.3) is 0 Å². The fourth-order valence-electron chi connectivity index (χ4n) is 2.47. The van der Waals surface area contributed by atoms with E-state index in [1.54, 1.807) is 14.2 Å². The Hall–Kier alpha value is -2.00. The number of hydrogen-bond acceptors (Lipinski definition) is 3. The fourth-order valence-corrected chi connectivity index (χ4v) is 2.47. The molecule has 3 rings (SSSR count). The quantitative estimate of drug-likeness (QED) is 0.878. The van der Waals surface area contributed by atoms with E-state index in [0.717, 1.165) is 35.2 Å². The zero-order valence-corrected chi connectivity index (χ0v) is 12.6. The highest BCUT2D eigenvalue weighted by Gasteiger charge is 2.20. The molecular formula is C18H21NO2. The molecule has 0 unspecified atom stereocenters. The van der Waals surface area contributed by atoms with Crippen LogP contribution in [0.3, 0.4) is 0 Å². The maximum atomic E-state index is 5.47. The van der Waals surface area contributed by atoms with Crippen molar-refractivity contribution >= 4 is 0 Å². The van der Waals surface area contributed by atoms with Crippen molar-refractivity contribution in [3.63, 3.8) is 0 Å². The average molecular weight is 283 g/mol. The van der Waals surface area contributed by atoms with Crippen LogP contribution in [0.1, 0.15) is 18.4 Å². The summed E-state index contributed by atoms with van der Waals surface area (Å²) in [5.41, 5.74) is 3.42. The van der Waals surface area contributed by atoms with Crippen molar-refractivity contribution in [1.29, 1.82) is 0 Å². The summed E-state index contributed by atoms with van der Waals surface area (Å²) in [6.45, 7) is 0.938. The molecule has 0 saturated heterocycles.